The Labute approximate surface area is 133 Å². The first-order valence-corrected chi connectivity index (χ1v) is 7.54. The van der Waals surface area contributed by atoms with E-state index in [1.807, 2.05) is 0 Å². The maximum Gasteiger partial charge on any atom is 0.137 e. The molecular formula is C14H10Br2ClFO. The fraction of sp³-hybridized carbons (Fsp3) is 0.143. The lowest BCUT2D eigenvalue weighted by Gasteiger charge is -2.17. The minimum Gasteiger partial charge on any atom is -0.495 e. The number of ether oxygens (including phenoxy) is 1. The lowest BCUT2D eigenvalue weighted by molar-refractivity contribution is 0.407. The Bertz CT molecular complexity index is 604. The van der Waals surface area contributed by atoms with Gasteiger partial charge in [-0.25, -0.2) is 4.39 Å². The maximum atomic E-state index is 13.8. The van der Waals surface area contributed by atoms with E-state index in [-0.39, 0.29) is 10.6 Å². The zero-order chi connectivity index (χ0) is 14.0. The molecule has 0 N–H and O–H groups in total. The quantitative estimate of drug-likeness (QED) is 0.589. The van der Waals surface area contributed by atoms with Crippen LogP contribution in [0.1, 0.15) is 16.0 Å². The van der Waals surface area contributed by atoms with Gasteiger partial charge in [-0.1, -0.05) is 45.7 Å². The van der Waals surface area contributed by atoms with Gasteiger partial charge in [0.05, 0.1) is 16.4 Å². The third kappa shape index (κ3) is 3.12. The molecular weight excluding hydrogens is 398 g/mol. The lowest BCUT2D eigenvalue weighted by atomic mass is 10.0. The first-order chi connectivity index (χ1) is 9.04. The third-order valence-corrected chi connectivity index (χ3v) is 4.49. The molecule has 2 aromatic carbocycles. The molecule has 2 rings (SSSR count). The van der Waals surface area contributed by atoms with Gasteiger partial charge in [0.1, 0.15) is 11.6 Å². The molecule has 2 aromatic rings. The first-order valence-electron chi connectivity index (χ1n) is 5.46. The number of methoxy groups -OCH3 is 1. The van der Waals surface area contributed by atoms with Crippen LogP contribution in [-0.4, -0.2) is 7.11 Å². The number of rotatable bonds is 3. The van der Waals surface area contributed by atoms with E-state index in [1.54, 1.807) is 37.4 Å². The molecule has 19 heavy (non-hydrogen) atoms. The molecule has 0 bridgehead atoms. The summed E-state index contributed by atoms with van der Waals surface area (Å²) in [6.45, 7) is 0. The van der Waals surface area contributed by atoms with Crippen molar-refractivity contribution in [2.75, 3.05) is 7.11 Å². The van der Waals surface area contributed by atoms with Crippen molar-refractivity contribution in [3.8, 4) is 5.75 Å². The van der Waals surface area contributed by atoms with Gasteiger partial charge in [0.25, 0.3) is 0 Å². The van der Waals surface area contributed by atoms with Crippen LogP contribution in [0.2, 0.25) is 5.02 Å². The molecule has 1 unspecified atom stereocenters. The zero-order valence-electron chi connectivity index (χ0n) is 9.96. The van der Waals surface area contributed by atoms with E-state index >= 15 is 0 Å². The summed E-state index contributed by atoms with van der Waals surface area (Å²) in [5, 5.41) is 0.559. The second kappa shape index (κ2) is 6.25. The highest BCUT2D eigenvalue weighted by Gasteiger charge is 2.20. The average molecular weight is 408 g/mol. The standard InChI is InChI=1S/C14H10Br2ClFO/c1-19-14-10(6-8(17)7-11(14)15)13(16)9-4-2-3-5-12(9)18/h2-7,13H,1H3. The predicted molar refractivity (Wildman–Crippen MR) is 82.9 cm³/mol. The van der Waals surface area contributed by atoms with Crippen molar-refractivity contribution in [3.63, 3.8) is 0 Å². The van der Waals surface area contributed by atoms with E-state index < -0.39 is 0 Å². The first kappa shape index (κ1) is 14.8. The molecule has 0 amide bonds. The van der Waals surface area contributed by atoms with Crippen molar-refractivity contribution in [1.82, 2.24) is 0 Å². The van der Waals surface area contributed by atoms with E-state index in [0.717, 1.165) is 10.0 Å². The summed E-state index contributed by atoms with van der Waals surface area (Å²) in [6, 6.07) is 10.1. The van der Waals surface area contributed by atoms with Crippen molar-refractivity contribution in [3.05, 3.63) is 62.8 Å². The van der Waals surface area contributed by atoms with Gasteiger partial charge >= 0.3 is 0 Å². The molecule has 100 valence electrons. The molecule has 0 aromatic heterocycles. The number of alkyl halides is 1. The maximum absolute atomic E-state index is 13.8. The molecule has 0 heterocycles. The second-order valence-corrected chi connectivity index (χ2v) is 6.10. The number of hydrogen-bond acceptors (Lipinski definition) is 1. The van der Waals surface area contributed by atoms with Crippen molar-refractivity contribution >= 4 is 43.5 Å². The van der Waals surface area contributed by atoms with Crippen LogP contribution < -0.4 is 4.74 Å². The van der Waals surface area contributed by atoms with Crippen LogP contribution in [0.25, 0.3) is 0 Å². The fourth-order valence-electron chi connectivity index (χ4n) is 1.83. The Morgan fingerprint density at radius 3 is 2.53 bits per heavy atom. The molecule has 0 saturated heterocycles. The smallest absolute Gasteiger partial charge is 0.137 e. The zero-order valence-corrected chi connectivity index (χ0v) is 13.9. The van der Waals surface area contributed by atoms with Crippen LogP contribution in [0.15, 0.2) is 40.9 Å². The van der Waals surface area contributed by atoms with Crippen molar-refractivity contribution in [2.45, 2.75) is 4.83 Å². The van der Waals surface area contributed by atoms with Gasteiger partial charge < -0.3 is 4.74 Å². The SMILES string of the molecule is COc1c(Br)cc(Cl)cc1C(Br)c1ccccc1F. The molecule has 0 aliphatic carbocycles. The molecule has 5 heteroatoms. The summed E-state index contributed by atoms with van der Waals surface area (Å²) < 4.78 is 19.9. The number of halogens is 4. The monoisotopic (exact) mass is 406 g/mol. The fourth-order valence-corrected chi connectivity index (χ4v) is 3.54. The summed E-state index contributed by atoms with van der Waals surface area (Å²) in [5.74, 6) is 0.358. The van der Waals surface area contributed by atoms with Crippen LogP contribution in [0.5, 0.6) is 5.75 Å². The summed E-state index contributed by atoms with van der Waals surface area (Å²) in [6.07, 6.45) is 0. The largest absolute Gasteiger partial charge is 0.495 e. The van der Waals surface area contributed by atoms with Gasteiger partial charge in [-0.3, -0.25) is 0 Å². The van der Waals surface area contributed by atoms with Crippen molar-refractivity contribution < 1.29 is 9.13 Å². The van der Waals surface area contributed by atoms with Crippen LogP contribution in [0.4, 0.5) is 4.39 Å². The normalized spacial score (nSPS) is 12.3. The van der Waals surface area contributed by atoms with Crippen LogP contribution in [0.3, 0.4) is 0 Å². The predicted octanol–water partition coefficient (Wildman–Crippen LogP) is 5.73. The Morgan fingerprint density at radius 2 is 1.89 bits per heavy atom. The minimum atomic E-state index is -0.335. The summed E-state index contributed by atoms with van der Waals surface area (Å²) >= 11 is 12.9. The Morgan fingerprint density at radius 1 is 1.21 bits per heavy atom. The highest BCUT2D eigenvalue weighted by atomic mass is 79.9. The number of benzene rings is 2. The molecule has 1 atom stereocenters. The molecule has 1 nitrogen and oxygen atoms in total. The highest BCUT2D eigenvalue weighted by molar-refractivity contribution is 9.10. The van der Waals surface area contributed by atoms with Gasteiger partial charge in [-0.05, 0) is 34.1 Å². The van der Waals surface area contributed by atoms with Crippen LogP contribution >= 0.6 is 43.5 Å². The van der Waals surface area contributed by atoms with E-state index in [0.29, 0.717) is 16.3 Å². The molecule has 0 fully saturated rings. The molecule has 0 spiro atoms. The molecule has 0 aliphatic rings. The Kier molecular flexibility index (Phi) is 4.87. The second-order valence-electron chi connectivity index (χ2n) is 3.89. The van der Waals surface area contributed by atoms with Gasteiger partial charge in [0.2, 0.25) is 0 Å². The molecule has 0 radical (unpaired) electrons. The lowest BCUT2D eigenvalue weighted by Crippen LogP contribution is -2.00. The Hall–Kier alpha value is -0.580. The third-order valence-electron chi connectivity index (χ3n) is 2.69. The van der Waals surface area contributed by atoms with Gasteiger partial charge in [-0.2, -0.15) is 0 Å². The summed E-state index contributed by atoms with van der Waals surface area (Å²) in [5.41, 5.74) is 1.31. The van der Waals surface area contributed by atoms with Crippen LogP contribution in [-0.2, 0) is 0 Å². The summed E-state index contributed by atoms with van der Waals surface area (Å²) in [4.78, 5) is -0.335. The van der Waals surface area contributed by atoms with Gasteiger partial charge in [-0.15, -0.1) is 0 Å². The minimum absolute atomic E-state index is 0.275. The summed E-state index contributed by atoms with van der Waals surface area (Å²) in [7, 11) is 1.57. The molecule has 0 saturated carbocycles. The van der Waals surface area contributed by atoms with Crippen molar-refractivity contribution in [2.24, 2.45) is 0 Å². The van der Waals surface area contributed by atoms with Gasteiger partial charge in [0.15, 0.2) is 0 Å². The van der Waals surface area contributed by atoms with E-state index in [1.165, 1.54) is 6.07 Å². The Balaban J connectivity index is 2.55. The topological polar surface area (TPSA) is 9.23 Å². The van der Waals surface area contributed by atoms with E-state index in [4.69, 9.17) is 16.3 Å². The molecule has 0 aliphatic heterocycles. The average Bonchev–Trinajstić information content (AvgIpc) is 2.37. The van der Waals surface area contributed by atoms with Crippen LogP contribution in [0, 0.1) is 5.82 Å². The number of hydrogen-bond donors (Lipinski definition) is 0. The van der Waals surface area contributed by atoms with Gasteiger partial charge in [0, 0.05) is 16.1 Å². The van der Waals surface area contributed by atoms with Crippen molar-refractivity contribution in [1.29, 1.82) is 0 Å². The highest BCUT2D eigenvalue weighted by Crippen LogP contribution is 2.42. The van der Waals surface area contributed by atoms with E-state index in [2.05, 4.69) is 31.9 Å². The van der Waals surface area contributed by atoms with E-state index in [9.17, 15) is 4.39 Å².